The van der Waals surface area contributed by atoms with Gasteiger partial charge in [0, 0.05) is 23.1 Å². The minimum absolute atomic E-state index is 0.104. The van der Waals surface area contributed by atoms with Crippen LogP contribution in [0.5, 0.6) is 5.75 Å². The third kappa shape index (κ3) is 4.51. The summed E-state index contributed by atoms with van der Waals surface area (Å²) in [5.41, 5.74) is 7.07. The van der Waals surface area contributed by atoms with Gasteiger partial charge in [0.05, 0.1) is 13.0 Å². The number of nitrogens with one attached hydrogen (secondary N) is 2. The van der Waals surface area contributed by atoms with Crippen LogP contribution in [0.25, 0.3) is 10.9 Å². The summed E-state index contributed by atoms with van der Waals surface area (Å²) >= 11 is 0. The van der Waals surface area contributed by atoms with Gasteiger partial charge in [-0.05, 0) is 66.5 Å². The number of amides is 1. The van der Waals surface area contributed by atoms with Crippen molar-refractivity contribution in [3.05, 3.63) is 101 Å². The van der Waals surface area contributed by atoms with Crippen molar-refractivity contribution in [1.29, 1.82) is 0 Å². The van der Waals surface area contributed by atoms with Gasteiger partial charge in [0.25, 0.3) is 0 Å². The van der Waals surface area contributed by atoms with E-state index in [1.54, 1.807) is 7.11 Å². The Morgan fingerprint density at radius 3 is 2.45 bits per heavy atom. The zero-order valence-corrected chi connectivity index (χ0v) is 19.1. The average molecular weight is 439 g/mol. The molecule has 0 saturated heterocycles. The quantitative estimate of drug-likeness (QED) is 0.389. The van der Waals surface area contributed by atoms with Gasteiger partial charge in [-0.1, -0.05) is 60.7 Å². The number of hydrogen-bond donors (Lipinski definition) is 2. The lowest BCUT2D eigenvalue weighted by Crippen LogP contribution is -2.30. The Morgan fingerprint density at radius 2 is 1.73 bits per heavy atom. The standard InChI is InChI=1S/C29H30N2O2/c1-33-27-18-24-26(17-22(27)16-15-20-9-4-2-5-10-20)31-25-14-8-13-23(28(24)25)29(32)30-19-21-11-6-3-7-12-21/h2-7,9-12,17-18,23,31H,8,13-16,19H2,1H3,(H,30,32). The molecule has 1 unspecified atom stereocenters. The number of methoxy groups -OCH3 is 1. The van der Waals surface area contributed by atoms with Crippen LogP contribution in [0.1, 0.15) is 46.7 Å². The van der Waals surface area contributed by atoms with E-state index >= 15 is 0 Å². The normalized spacial score (nSPS) is 15.2. The second-order valence-corrected chi connectivity index (χ2v) is 8.86. The number of benzene rings is 3. The Balaban J connectivity index is 1.41. The molecule has 1 amide bonds. The molecule has 168 valence electrons. The highest BCUT2D eigenvalue weighted by Gasteiger charge is 2.30. The van der Waals surface area contributed by atoms with Gasteiger partial charge in [-0.3, -0.25) is 4.79 Å². The molecule has 3 aromatic carbocycles. The van der Waals surface area contributed by atoms with Crippen molar-refractivity contribution < 1.29 is 9.53 Å². The fourth-order valence-electron chi connectivity index (χ4n) is 5.05. The molecule has 4 heteroatoms. The number of hydrogen-bond acceptors (Lipinski definition) is 2. The maximum atomic E-state index is 13.2. The Kier molecular flexibility index (Phi) is 6.16. The lowest BCUT2D eigenvalue weighted by atomic mass is 9.84. The van der Waals surface area contributed by atoms with Crippen LogP contribution >= 0.6 is 0 Å². The van der Waals surface area contributed by atoms with Crippen LogP contribution in [-0.4, -0.2) is 18.0 Å². The number of H-pyrrole nitrogens is 1. The van der Waals surface area contributed by atoms with Crippen molar-refractivity contribution in [2.24, 2.45) is 0 Å². The van der Waals surface area contributed by atoms with Crippen molar-refractivity contribution in [1.82, 2.24) is 10.3 Å². The molecule has 33 heavy (non-hydrogen) atoms. The Bertz CT molecular complexity index is 1250. The maximum Gasteiger partial charge on any atom is 0.227 e. The summed E-state index contributed by atoms with van der Waals surface area (Å²) < 4.78 is 5.79. The predicted molar refractivity (Wildman–Crippen MR) is 133 cm³/mol. The van der Waals surface area contributed by atoms with Gasteiger partial charge in [0.1, 0.15) is 5.75 Å². The summed E-state index contributed by atoms with van der Waals surface area (Å²) in [4.78, 5) is 16.8. The van der Waals surface area contributed by atoms with Crippen molar-refractivity contribution in [3.8, 4) is 5.75 Å². The number of aromatic nitrogens is 1. The SMILES string of the molecule is COc1cc2c3c([nH]c2cc1CCc1ccccc1)CCCC3C(=O)NCc1ccccc1. The molecule has 1 heterocycles. The molecule has 1 aromatic heterocycles. The Labute approximate surface area is 195 Å². The van der Waals surface area contributed by atoms with Gasteiger partial charge in [-0.15, -0.1) is 0 Å². The molecule has 0 bridgehead atoms. The van der Waals surface area contributed by atoms with E-state index in [4.69, 9.17) is 4.74 Å². The van der Waals surface area contributed by atoms with Gasteiger partial charge < -0.3 is 15.0 Å². The second kappa shape index (κ2) is 9.53. The molecule has 0 spiro atoms. The lowest BCUT2D eigenvalue weighted by Gasteiger charge is -2.22. The molecule has 0 fully saturated rings. The summed E-state index contributed by atoms with van der Waals surface area (Å²) in [6.07, 6.45) is 4.75. The molecule has 1 atom stereocenters. The molecule has 1 aliphatic rings. The van der Waals surface area contributed by atoms with E-state index in [9.17, 15) is 4.79 Å². The van der Waals surface area contributed by atoms with Crippen LogP contribution in [0.2, 0.25) is 0 Å². The summed E-state index contributed by atoms with van der Waals surface area (Å²) in [6, 6.07) is 25.0. The molecule has 5 rings (SSSR count). The van der Waals surface area contributed by atoms with Gasteiger partial charge in [0.2, 0.25) is 5.91 Å². The molecular weight excluding hydrogens is 408 g/mol. The smallest absolute Gasteiger partial charge is 0.227 e. The zero-order chi connectivity index (χ0) is 22.6. The van der Waals surface area contributed by atoms with Crippen LogP contribution in [0.15, 0.2) is 72.8 Å². The summed E-state index contributed by atoms with van der Waals surface area (Å²) in [6.45, 7) is 0.556. The molecule has 0 radical (unpaired) electrons. The van der Waals surface area contributed by atoms with E-state index in [-0.39, 0.29) is 11.8 Å². The zero-order valence-electron chi connectivity index (χ0n) is 19.1. The van der Waals surface area contributed by atoms with Crippen LogP contribution < -0.4 is 10.1 Å². The number of carbonyl (C=O) groups is 1. The van der Waals surface area contributed by atoms with E-state index in [0.717, 1.165) is 59.9 Å². The molecule has 4 aromatic rings. The van der Waals surface area contributed by atoms with Gasteiger partial charge in [-0.2, -0.15) is 0 Å². The highest BCUT2D eigenvalue weighted by molar-refractivity contribution is 5.94. The summed E-state index contributed by atoms with van der Waals surface area (Å²) in [5.74, 6) is 0.869. The topological polar surface area (TPSA) is 54.1 Å². The second-order valence-electron chi connectivity index (χ2n) is 8.86. The molecule has 2 N–H and O–H groups in total. The van der Waals surface area contributed by atoms with Crippen molar-refractivity contribution in [2.45, 2.75) is 44.6 Å². The van der Waals surface area contributed by atoms with Gasteiger partial charge in [0.15, 0.2) is 0 Å². The van der Waals surface area contributed by atoms with E-state index in [0.29, 0.717) is 6.54 Å². The number of carbonyl (C=O) groups excluding carboxylic acids is 1. The Morgan fingerprint density at radius 1 is 1.00 bits per heavy atom. The van der Waals surface area contributed by atoms with Gasteiger partial charge >= 0.3 is 0 Å². The van der Waals surface area contributed by atoms with E-state index < -0.39 is 0 Å². The van der Waals surface area contributed by atoms with E-state index in [2.05, 4.69) is 46.7 Å². The van der Waals surface area contributed by atoms with Gasteiger partial charge in [-0.25, -0.2) is 0 Å². The molecule has 1 aliphatic carbocycles. The highest BCUT2D eigenvalue weighted by Crippen LogP contribution is 2.40. The van der Waals surface area contributed by atoms with Crippen LogP contribution in [0.3, 0.4) is 0 Å². The molecule has 4 nitrogen and oxygen atoms in total. The maximum absolute atomic E-state index is 13.2. The minimum Gasteiger partial charge on any atom is -0.496 e. The fourth-order valence-corrected chi connectivity index (χ4v) is 5.05. The lowest BCUT2D eigenvalue weighted by molar-refractivity contribution is -0.123. The van der Waals surface area contributed by atoms with Crippen LogP contribution in [0, 0.1) is 0 Å². The van der Waals surface area contributed by atoms with E-state index in [1.807, 2.05) is 36.4 Å². The first kappa shape index (κ1) is 21.3. The predicted octanol–water partition coefficient (Wildman–Crippen LogP) is 5.70. The van der Waals surface area contributed by atoms with Crippen LogP contribution in [0.4, 0.5) is 0 Å². The fraction of sp³-hybridized carbons (Fsp3) is 0.276. The largest absolute Gasteiger partial charge is 0.496 e. The molecular formula is C29H30N2O2. The average Bonchev–Trinajstić information content (AvgIpc) is 3.24. The number of aryl methyl sites for hydroxylation is 3. The Hall–Kier alpha value is -3.53. The highest BCUT2D eigenvalue weighted by atomic mass is 16.5. The number of aromatic amines is 1. The third-order valence-electron chi connectivity index (χ3n) is 6.74. The first-order chi connectivity index (χ1) is 16.2. The van der Waals surface area contributed by atoms with Crippen LogP contribution in [-0.2, 0) is 30.6 Å². The summed E-state index contributed by atoms with van der Waals surface area (Å²) in [5, 5.41) is 4.27. The first-order valence-corrected chi connectivity index (χ1v) is 11.8. The summed E-state index contributed by atoms with van der Waals surface area (Å²) in [7, 11) is 1.73. The molecule has 0 aliphatic heterocycles. The van der Waals surface area contributed by atoms with Crippen molar-refractivity contribution in [3.63, 3.8) is 0 Å². The third-order valence-corrected chi connectivity index (χ3v) is 6.74. The first-order valence-electron chi connectivity index (χ1n) is 11.8. The van der Waals surface area contributed by atoms with Crippen molar-refractivity contribution >= 4 is 16.8 Å². The number of fused-ring (bicyclic) bond motifs is 3. The molecule has 0 saturated carbocycles. The van der Waals surface area contributed by atoms with E-state index in [1.165, 1.54) is 16.8 Å². The monoisotopic (exact) mass is 438 g/mol. The minimum atomic E-state index is -0.133. The van der Waals surface area contributed by atoms with Crippen molar-refractivity contribution in [2.75, 3.05) is 7.11 Å². The number of ether oxygens (including phenoxy) is 1. The number of rotatable bonds is 7.